The van der Waals surface area contributed by atoms with Gasteiger partial charge in [0.05, 0.1) is 17.3 Å². The highest BCUT2D eigenvalue weighted by Gasteiger charge is 2.52. The minimum atomic E-state index is -0.463. The summed E-state index contributed by atoms with van der Waals surface area (Å²) in [6, 6.07) is 9.49. The fraction of sp³-hybridized carbons (Fsp3) is 0.565. The molecule has 0 radical (unpaired) electrons. The van der Waals surface area contributed by atoms with Crippen LogP contribution < -0.4 is 0 Å². The molecule has 7 heteroatoms. The number of carbonyl (C=O) groups excluding carboxylic acids is 2. The molecule has 2 aliphatic rings. The van der Waals surface area contributed by atoms with E-state index in [2.05, 4.69) is 17.2 Å². The molecule has 2 atom stereocenters. The van der Waals surface area contributed by atoms with E-state index in [4.69, 9.17) is 0 Å². The van der Waals surface area contributed by atoms with Crippen molar-refractivity contribution in [1.29, 1.82) is 0 Å². The number of piperidine rings is 2. The molecule has 0 unspecified atom stereocenters. The highest BCUT2D eigenvalue weighted by molar-refractivity contribution is 5.93. The van der Waals surface area contributed by atoms with Gasteiger partial charge in [0.25, 0.3) is 5.91 Å². The third kappa shape index (κ3) is 3.61. The van der Waals surface area contributed by atoms with Crippen molar-refractivity contribution in [1.82, 2.24) is 24.8 Å². The van der Waals surface area contributed by atoms with E-state index >= 15 is 0 Å². The van der Waals surface area contributed by atoms with E-state index in [0.717, 1.165) is 57.3 Å². The Morgan fingerprint density at radius 2 is 1.90 bits per heavy atom. The molecule has 2 saturated heterocycles. The predicted octanol–water partition coefficient (Wildman–Crippen LogP) is 3.30. The first kappa shape index (κ1) is 20.6. The van der Waals surface area contributed by atoms with Crippen LogP contribution in [0.3, 0.4) is 0 Å². The maximum Gasteiger partial charge on any atom is 0.276 e. The van der Waals surface area contributed by atoms with Gasteiger partial charge in [-0.25, -0.2) is 4.68 Å². The van der Waals surface area contributed by atoms with E-state index in [1.165, 1.54) is 0 Å². The largest absolute Gasteiger partial charge is 0.342 e. The summed E-state index contributed by atoms with van der Waals surface area (Å²) in [4.78, 5) is 30.7. The van der Waals surface area contributed by atoms with Crippen molar-refractivity contribution in [2.75, 3.05) is 19.6 Å². The summed E-state index contributed by atoms with van der Waals surface area (Å²) >= 11 is 0. The second kappa shape index (κ2) is 8.58. The van der Waals surface area contributed by atoms with Crippen molar-refractivity contribution >= 4 is 11.8 Å². The first-order chi connectivity index (χ1) is 14.6. The van der Waals surface area contributed by atoms with Gasteiger partial charge in [-0.2, -0.15) is 0 Å². The number of carbonyl (C=O) groups is 2. The molecule has 1 aromatic heterocycles. The first-order valence-electron chi connectivity index (χ1n) is 11.1. The average Bonchev–Trinajstić information content (AvgIpc) is 3.27. The summed E-state index contributed by atoms with van der Waals surface area (Å²) in [6.45, 7) is 6.51. The zero-order chi connectivity index (χ0) is 21.1. The van der Waals surface area contributed by atoms with Gasteiger partial charge >= 0.3 is 0 Å². The smallest absolute Gasteiger partial charge is 0.276 e. The lowest BCUT2D eigenvalue weighted by atomic mass is 9.67. The Hall–Kier alpha value is -2.70. The molecule has 0 bridgehead atoms. The Bertz CT molecular complexity index is 892. The van der Waals surface area contributed by atoms with Crippen LogP contribution in [0.5, 0.6) is 0 Å². The SMILES string of the molecule is CCCCN1CCC[C@@]2(CCCN(C(=O)c3cn(-c4ccccc4)nn3)[C@H]2C)C1=O. The second-order valence-electron chi connectivity index (χ2n) is 8.57. The number of rotatable bonds is 5. The van der Waals surface area contributed by atoms with Crippen LogP contribution >= 0.6 is 0 Å². The highest BCUT2D eigenvalue weighted by Crippen LogP contribution is 2.44. The van der Waals surface area contributed by atoms with E-state index in [-0.39, 0.29) is 17.9 Å². The van der Waals surface area contributed by atoms with Crippen molar-refractivity contribution < 1.29 is 9.59 Å². The summed E-state index contributed by atoms with van der Waals surface area (Å²) in [7, 11) is 0. The minimum absolute atomic E-state index is 0.137. The second-order valence-corrected chi connectivity index (χ2v) is 8.57. The lowest BCUT2D eigenvalue weighted by Crippen LogP contribution is -2.61. The molecule has 0 aliphatic carbocycles. The topological polar surface area (TPSA) is 71.3 Å². The Morgan fingerprint density at radius 3 is 2.63 bits per heavy atom. The van der Waals surface area contributed by atoms with Gasteiger partial charge in [0.1, 0.15) is 0 Å². The Kier molecular flexibility index (Phi) is 5.88. The van der Waals surface area contributed by atoms with Crippen LogP contribution in [0.2, 0.25) is 0 Å². The zero-order valence-corrected chi connectivity index (χ0v) is 18.0. The molecular weight excluding hydrogens is 378 g/mol. The molecular formula is C23H31N5O2. The molecule has 2 fully saturated rings. The molecule has 2 aliphatic heterocycles. The molecule has 0 saturated carbocycles. The number of amides is 2. The summed E-state index contributed by atoms with van der Waals surface area (Å²) < 4.78 is 1.62. The van der Waals surface area contributed by atoms with Crippen molar-refractivity contribution in [3.8, 4) is 5.69 Å². The predicted molar refractivity (Wildman–Crippen MR) is 114 cm³/mol. The Balaban J connectivity index is 1.54. The number of hydrogen-bond acceptors (Lipinski definition) is 4. The van der Waals surface area contributed by atoms with Crippen molar-refractivity contribution in [3.63, 3.8) is 0 Å². The molecule has 3 heterocycles. The van der Waals surface area contributed by atoms with E-state index in [9.17, 15) is 9.59 Å². The number of likely N-dealkylation sites (tertiary alicyclic amines) is 2. The molecule has 1 aromatic carbocycles. The Labute approximate surface area is 178 Å². The normalized spacial score (nSPS) is 24.5. The standard InChI is InChI=1S/C23H31N5O2/c1-3-4-14-26-15-8-12-23(22(26)30)13-9-16-27(18(23)2)21(29)20-17-28(25-24-20)19-10-6-5-7-11-19/h5-7,10-11,17-18H,3-4,8-9,12-16H2,1-2H3/t18-,23-/m0/s1. The van der Waals surface area contributed by atoms with Crippen LogP contribution in [0.25, 0.3) is 5.69 Å². The molecule has 7 nitrogen and oxygen atoms in total. The van der Waals surface area contributed by atoms with Gasteiger partial charge in [0, 0.05) is 25.7 Å². The fourth-order valence-corrected chi connectivity index (χ4v) is 5.05. The summed E-state index contributed by atoms with van der Waals surface area (Å²) in [5, 5.41) is 8.27. The summed E-state index contributed by atoms with van der Waals surface area (Å²) in [5.41, 5.74) is 0.727. The van der Waals surface area contributed by atoms with Crippen LogP contribution in [0.4, 0.5) is 0 Å². The molecule has 2 amide bonds. The molecule has 160 valence electrons. The van der Waals surface area contributed by atoms with Crippen LogP contribution in [-0.4, -0.2) is 62.3 Å². The number of hydrogen-bond donors (Lipinski definition) is 0. The summed E-state index contributed by atoms with van der Waals surface area (Å²) in [6.07, 6.45) is 7.35. The highest BCUT2D eigenvalue weighted by atomic mass is 16.2. The number of nitrogens with zero attached hydrogens (tertiary/aromatic N) is 5. The van der Waals surface area contributed by atoms with Gasteiger partial charge in [0.2, 0.25) is 5.91 Å². The maximum absolute atomic E-state index is 13.5. The van der Waals surface area contributed by atoms with Gasteiger partial charge in [-0.3, -0.25) is 9.59 Å². The van der Waals surface area contributed by atoms with Crippen molar-refractivity contribution in [3.05, 3.63) is 42.2 Å². The maximum atomic E-state index is 13.5. The van der Waals surface area contributed by atoms with Gasteiger partial charge in [-0.05, 0) is 51.2 Å². The summed E-state index contributed by atoms with van der Waals surface area (Å²) in [5.74, 6) is 0.0994. The molecule has 30 heavy (non-hydrogen) atoms. The van der Waals surface area contributed by atoms with Crippen LogP contribution in [0.1, 0.15) is 62.9 Å². The molecule has 2 aromatic rings. The number of unbranched alkanes of at least 4 members (excludes halogenated alkanes) is 1. The van der Waals surface area contributed by atoms with E-state index < -0.39 is 5.41 Å². The third-order valence-corrected chi connectivity index (χ3v) is 6.83. The minimum Gasteiger partial charge on any atom is -0.342 e. The fourth-order valence-electron chi connectivity index (χ4n) is 5.05. The van der Waals surface area contributed by atoms with Crippen LogP contribution in [-0.2, 0) is 4.79 Å². The average molecular weight is 410 g/mol. The van der Waals surface area contributed by atoms with Crippen molar-refractivity contribution in [2.24, 2.45) is 5.41 Å². The Morgan fingerprint density at radius 1 is 1.17 bits per heavy atom. The third-order valence-electron chi connectivity index (χ3n) is 6.83. The van der Waals surface area contributed by atoms with Crippen LogP contribution in [0.15, 0.2) is 36.5 Å². The lowest BCUT2D eigenvalue weighted by molar-refractivity contribution is -0.153. The van der Waals surface area contributed by atoms with Gasteiger partial charge in [0.15, 0.2) is 5.69 Å². The monoisotopic (exact) mass is 409 g/mol. The first-order valence-corrected chi connectivity index (χ1v) is 11.1. The van der Waals surface area contributed by atoms with Crippen LogP contribution in [0, 0.1) is 5.41 Å². The zero-order valence-electron chi connectivity index (χ0n) is 18.0. The lowest BCUT2D eigenvalue weighted by Gasteiger charge is -2.51. The van der Waals surface area contributed by atoms with Gasteiger partial charge in [-0.1, -0.05) is 36.8 Å². The molecule has 1 spiro atoms. The van der Waals surface area contributed by atoms with Gasteiger partial charge < -0.3 is 9.80 Å². The molecule has 4 rings (SSSR count). The molecule has 0 N–H and O–H groups in total. The number of benzene rings is 1. The van der Waals surface area contributed by atoms with Gasteiger partial charge in [-0.15, -0.1) is 5.10 Å². The van der Waals surface area contributed by atoms with Crippen molar-refractivity contribution in [2.45, 2.75) is 58.4 Å². The number of aromatic nitrogens is 3. The van der Waals surface area contributed by atoms with E-state index in [0.29, 0.717) is 12.2 Å². The van der Waals surface area contributed by atoms with E-state index in [1.54, 1.807) is 10.9 Å². The quantitative estimate of drug-likeness (QED) is 0.760. The van der Waals surface area contributed by atoms with E-state index in [1.807, 2.05) is 47.1 Å². The number of para-hydroxylation sites is 1.